The number of hydrogen-bond donors (Lipinski definition) is 1. The number of carbonyl (C=O) groups is 1. The summed E-state index contributed by atoms with van der Waals surface area (Å²) >= 11 is 0. The van der Waals surface area contributed by atoms with Crippen LogP contribution in [0.4, 0.5) is 0 Å². The van der Waals surface area contributed by atoms with E-state index < -0.39 is 0 Å². The van der Waals surface area contributed by atoms with Gasteiger partial charge in [0.2, 0.25) is 5.91 Å². The summed E-state index contributed by atoms with van der Waals surface area (Å²) in [4.78, 5) is 11.2. The summed E-state index contributed by atoms with van der Waals surface area (Å²) in [5.41, 5.74) is 6.42. The van der Waals surface area contributed by atoms with Gasteiger partial charge in [0.25, 0.3) is 0 Å². The lowest BCUT2D eigenvalue weighted by Crippen LogP contribution is -2.29. The molecule has 0 aliphatic heterocycles. The van der Waals surface area contributed by atoms with Gasteiger partial charge in [-0.2, -0.15) is 0 Å². The van der Waals surface area contributed by atoms with Gasteiger partial charge in [0, 0.05) is 6.61 Å². The fourth-order valence-electron chi connectivity index (χ4n) is 1.40. The molecular weight excluding hydrogens is 190 g/mol. The average molecular weight is 207 g/mol. The zero-order valence-corrected chi connectivity index (χ0v) is 8.98. The Labute approximate surface area is 90.2 Å². The maximum absolute atomic E-state index is 11.2. The summed E-state index contributed by atoms with van der Waals surface area (Å²) in [7, 11) is 0. The minimum Gasteiger partial charge on any atom is -0.381 e. The summed E-state index contributed by atoms with van der Waals surface area (Å²) in [5.74, 6) is -0.528. The number of ether oxygens (including phenoxy) is 1. The molecule has 15 heavy (non-hydrogen) atoms. The van der Waals surface area contributed by atoms with E-state index in [0.717, 1.165) is 5.56 Å². The predicted molar refractivity (Wildman–Crippen MR) is 59.3 cm³/mol. The molecular formula is C12H17NO2. The van der Waals surface area contributed by atoms with Gasteiger partial charge in [-0.15, -0.1) is 0 Å². The van der Waals surface area contributed by atoms with Gasteiger partial charge in [0.15, 0.2) is 0 Å². The number of hydrogen-bond acceptors (Lipinski definition) is 2. The van der Waals surface area contributed by atoms with Crippen molar-refractivity contribution in [1.82, 2.24) is 0 Å². The zero-order chi connectivity index (χ0) is 11.1. The normalized spacial score (nSPS) is 12.3. The molecule has 0 aliphatic carbocycles. The Morgan fingerprint density at radius 1 is 1.40 bits per heavy atom. The molecule has 1 amide bonds. The SMILES string of the molecule is CCOCC(Cc1ccccc1)C(N)=O. The van der Waals surface area contributed by atoms with Crippen LogP contribution in [0.1, 0.15) is 12.5 Å². The number of primary amides is 1. The van der Waals surface area contributed by atoms with Crippen molar-refractivity contribution < 1.29 is 9.53 Å². The molecule has 0 spiro atoms. The van der Waals surface area contributed by atoms with Gasteiger partial charge in [-0.25, -0.2) is 0 Å². The lowest BCUT2D eigenvalue weighted by molar-refractivity contribution is -0.123. The number of carbonyl (C=O) groups excluding carboxylic acids is 1. The second-order valence-corrected chi connectivity index (χ2v) is 3.45. The van der Waals surface area contributed by atoms with E-state index >= 15 is 0 Å². The summed E-state index contributed by atoms with van der Waals surface area (Å²) in [5, 5.41) is 0. The van der Waals surface area contributed by atoms with Crippen LogP contribution in [0.5, 0.6) is 0 Å². The average Bonchev–Trinajstić information content (AvgIpc) is 2.25. The van der Waals surface area contributed by atoms with E-state index in [2.05, 4.69) is 0 Å². The molecule has 1 aromatic rings. The van der Waals surface area contributed by atoms with Gasteiger partial charge >= 0.3 is 0 Å². The van der Waals surface area contributed by atoms with E-state index in [0.29, 0.717) is 19.6 Å². The maximum Gasteiger partial charge on any atom is 0.223 e. The molecule has 1 rings (SSSR count). The standard InChI is InChI=1S/C12H17NO2/c1-2-15-9-11(12(13)14)8-10-6-4-3-5-7-10/h3-7,11H,2,8-9H2,1H3,(H2,13,14). The van der Waals surface area contributed by atoms with Crippen LogP contribution in [0.25, 0.3) is 0 Å². The number of rotatable bonds is 6. The topological polar surface area (TPSA) is 52.3 Å². The van der Waals surface area contributed by atoms with Crippen LogP contribution >= 0.6 is 0 Å². The molecule has 0 saturated heterocycles. The Kier molecular flexibility index (Phi) is 4.84. The Morgan fingerprint density at radius 2 is 2.07 bits per heavy atom. The first-order valence-electron chi connectivity index (χ1n) is 5.15. The Bertz CT molecular complexity index is 298. The molecule has 0 fully saturated rings. The smallest absolute Gasteiger partial charge is 0.223 e. The van der Waals surface area contributed by atoms with Crippen LogP contribution in [0.3, 0.4) is 0 Å². The zero-order valence-electron chi connectivity index (χ0n) is 8.98. The Hall–Kier alpha value is -1.35. The van der Waals surface area contributed by atoms with Crippen molar-refractivity contribution in [1.29, 1.82) is 0 Å². The molecule has 3 heteroatoms. The highest BCUT2D eigenvalue weighted by atomic mass is 16.5. The first kappa shape index (κ1) is 11.7. The van der Waals surface area contributed by atoms with E-state index in [-0.39, 0.29) is 11.8 Å². The highest BCUT2D eigenvalue weighted by Crippen LogP contribution is 2.08. The van der Waals surface area contributed by atoms with Gasteiger partial charge in [-0.1, -0.05) is 30.3 Å². The second-order valence-electron chi connectivity index (χ2n) is 3.45. The molecule has 1 aromatic carbocycles. The molecule has 3 nitrogen and oxygen atoms in total. The predicted octanol–water partition coefficient (Wildman–Crippen LogP) is 1.37. The monoisotopic (exact) mass is 207 g/mol. The van der Waals surface area contributed by atoms with Gasteiger partial charge in [-0.3, -0.25) is 4.79 Å². The lowest BCUT2D eigenvalue weighted by atomic mass is 10.00. The molecule has 1 unspecified atom stereocenters. The van der Waals surface area contributed by atoms with Gasteiger partial charge in [0.1, 0.15) is 0 Å². The minimum absolute atomic E-state index is 0.229. The summed E-state index contributed by atoms with van der Waals surface area (Å²) in [6.07, 6.45) is 0.649. The maximum atomic E-state index is 11.2. The van der Waals surface area contributed by atoms with Crippen LogP contribution in [-0.2, 0) is 16.0 Å². The van der Waals surface area contributed by atoms with Crippen LogP contribution in [-0.4, -0.2) is 19.1 Å². The first-order chi connectivity index (χ1) is 7.24. The van der Waals surface area contributed by atoms with Crippen LogP contribution in [0.2, 0.25) is 0 Å². The van der Waals surface area contributed by atoms with Crippen molar-refractivity contribution in [2.75, 3.05) is 13.2 Å². The van der Waals surface area contributed by atoms with Crippen LogP contribution in [0, 0.1) is 5.92 Å². The third-order valence-electron chi connectivity index (χ3n) is 2.25. The molecule has 0 bridgehead atoms. The Balaban J connectivity index is 2.55. The molecule has 0 aromatic heterocycles. The lowest BCUT2D eigenvalue weighted by Gasteiger charge is -2.12. The molecule has 1 atom stereocenters. The van der Waals surface area contributed by atoms with Crippen molar-refractivity contribution in [3.63, 3.8) is 0 Å². The van der Waals surface area contributed by atoms with Crippen molar-refractivity contribution in [2.45, 2.75) is 13.3 Å². The van der Waals surface area contributed by atoms with Gasteiger partial charge < -0.3 is 10.5 Å². The number of amides is 1. The van der Waals surface area contributed by atoms with Crippen molar-refractivity contribution in [2.24, 2.45) is 11.7 Å². The Morgan fingerprint density at radius 3 is 2.60 bits per heavy atom. The minimum atomic E-state index is -0.299. The highest BCUT2D eigenvalue weighted by molar-refractivity contribution is 5.77. The fraction of sp³-hybridized carbons (Fsp3) is 0.417. The molecule has 0 aliphatic rings. The molecule has 0 radical (unpaired) electrons. The molecule has 82 valence electrons. The summed E-state index contributed by atoms with van der Waals surface area (Å²) in [6, 6.07) is 9.83. The number of nitrogens with two attached hydrogens (primary N) is 1. The molecule has 0 saturated carbocycles. The summed E-state index contributed by atoms with van der Waals surface area (Å²) < 4.78 is 5.23. The van der Waals surface area contributed by atoms with Crippen molar-refractivity contribution in [3.8, 4) is 0 Å². The van der Waals surface area contributed by atoms with Crippen LogP contribution in [0.15, 0.2) is 30.3 Å². The van der Waals surface area contributed by atoms with E-state index in [1.54, 1.807) is 0 Å². The van der Waals surface area contributed by atoms with Crippen molar-refractivity contribution >= 4 is 5.91 Å². The molecule has 0 heterocycles. The van der Waals surface area contributed by atoms with Gasteiger partial charge in [0.05, 0.1) is 12.5 Å². The van der Waals surface area contributed by atoms with Crippen molar-refractivity contribution in [3.05, 3.63) is 35.9 Å². The third-order valence-corrected chi connectivity index (χ3v) is 2.25. The largest absolute Gasteiger partial charge is 0.381 e. The van der Waals surface area contributed by atoms with E-state index in [1.807, 2.05) is 37.3 Å². The summed E-state index contributed by atoms with van der Waals surface area (Å²) in [6.45, 7) is 2.92. The number of benzene rings is 1. The van der Waals surface area contributed by atoms with E-state index in [9.17, 15) is 4.79 Å². The highest BCUT2D eigenvalue weighted by Gasteiger charge is 2.15. The van der Waals surface area contributed by atoms with Crippen LogP contribution < -0.4 is 5.73 Å². The molecule has 2 N–H and O–H groups in total. The van der Waals surface area contributed by atoms with E-state index in [1.165, 1.54) is 0 Å². The van der Waals surface area contributed by atoms with E-state index in [4.69, 9.17) is 10.5 Å². The van der Waals surface area contributed by atoms with Gasteiger partial charge in [-0.05, 0) is 18.9 Å². The third kappa shape index (κ3) is 4.13. The second kappa shape index (κ2) is 6.19. The fourth-order valence-corrected chi connectivity index (χ4v) is 1.40. The quantitative estimate of drug-likeness (QED) is 0.766. The first-order valence-corrected chi connectivity index (χ1v) is 5.15.